The van der Waals surface area contributed by atoms with Crippen molar-refractivity contribution in [2.75, 3.05) is 0 Å². The highest BCUT2D eigenvalue weighted by atomic mass is 19.4. The summed E-state index contributed by atoms with van der Waals surface area (Å²) in [6, 6.07) is 6.50. The van der Waals surface area contributed by atoms with E-state index < -0.39 is 24.0 Å². The molecule has 0 aliphatic rings. The van der Waals surface area contributed by atoms with Crippen LogP contribution in [0, 0.1) is 6.92 Å². The first-order valence-electron chi connectivity index (χ1n) is 5.75. The standard InChI is InChI=1S/C13H17F3N2O/c1-9-4-6-10(7-5-9)11(19)18(17)12(2,3)8-13(14,15)16/h4-7H,8,17H2,1-3H3. The van der Waals surface area contributed by atoms with Crippen molar-refractivity contribution in [1.82, 2.24) is 5.01 Å². The summed E-state index contributed by atoms with van der Waals surface area (Å²) in [6.45, 7) is 4.42. The number of hydrogen-bond acceptors (Lipinski definition) is 2. The van der Waals surface area contributed by atoms with E-state index >= 15 is 0 Å². The zero-order chi connectivity index (χ0) is 14.8. The van der Waals surface area contributed by atoms with Gasteiger partial charge in [-0.2, -0.15) is 13.2 Å². The summed E-state index contributed by atoms with van der Waals surface area (Å²) in [5.41, 5.74) is -0.279. The van der Waals surface area contributed by atoms with E-state index in [2.05, 4.69) is 0 Å². The lowest BCUT2D eigenvalue weighted by atomic mass is 9.98. The maximum atomic E-state index is 12.4. The summed E-state index contributed by atoms with van der Waals surface area (Å²) in [5.74, 6) is 4.93. The Labute approximate surface area is 110 Å². The molecule has 1 rings (SSSR count). The number of nitrogens with zero attached hydrogens (tertiary/aromatic N) is 1. The van der Waals surface area contributed by atoms with Crippen molar-refractivity contribution in [3.63, 3.8) is 0 Å². The summed E-state index contributed by atoms with van der Waals surface area (Å²) in [5, 5.41) is 0.644. The molecular weight excluding hydrogens is 257 g/mol. The van der Waals surface area contributed by atoms with Crippen molar-refractivity contribution in [3.8, 4) is 0 Å². The van der Waals surface area contributed by atoms with Gasteiger partial charge < -0.3 is 0 Å². The first-order chi connectivity index (χ1) is 8.53. The molecule has 106 valence electrons. The minimum absolute atomic E-state index is 0.267. The van der Waals surface area contributed by atoms with Crippen LogP contribution < -0.4 is 5.84 Å². The predicted octanol–water partition coefficient (Wildman–Crippen LogP) is 3.04. The van der Waals surface area contributed by atoms with Gasteiger partial charge in [-0.1, -0.05) is 17.7 Å². The van der Waals surface area contributed by atoms with Gasteiger partial charge in [0.25, 0.3) is 5.91 Å². The van der Waals surface area contributed by atoms with Crippen LogP contribution in [0.25, 0.3) is 0 Å². The van der Waals surface area contributed by atoms with Crippen LogP contribution in [-0.4, -0.2) is 22.6 Å². The average Bonchev–Trinajstić information content (AvgIpc) is 2.25. The molecule has 2 N–H and O–H groups in total. The quantitative estimate of drug-likeness (QED) is 0.523. The molecule has 0 radical (unpaired) electrons. The maximum Gasteiger partial charge on any atom is 0.391 e. The lowest BCUT2D eigenvalue weighted by Crippen LogP contribution is -2.54. The topological polar surface area (TPSA) is 46.3 Å². The van der Waals surface area contributed by atoms with Crippen molar-refractivity contribution in [2.45, 2.75) is 38.9 Å². The minimum Gasteiger partial charge on any atom is -0.271 e. The molecule has 0 bridgehead atoms. The van der Waals surface area contributed by atoms with E-state index in [0.29, 0.717) is 5.01 Å². The number of alkyl halides is 3. The highest BCUT2D eigenvalue weighted by molar-refractivity contribution is 5.94. The SMILES string of the molecule is Cc1ccc(C(=O)N(N)C(C)(C)CC(F)(F)F)cc1. The Balaban J connectivity index is 2.90. The van der Waals surface area contributed by atoms with Crippen LogP contribution in [0.4, 0.5) is 13.2 Å². The molecule has 0 saturated heterocycles. The molecule has 1 aromatic carbocycles. The fraction of sp³-hybridized carbons (Fsp3) is 0.462. The van der Waals surface area contributed by atoms with E-state index in [0.717, 1.165) is 5.56 Å². The molecular formula is C13H17F3N2O. The zero-order valence-electron chi connectivity index (χ0n) is 11.1. The largest absolute Gasteiger partial charge is 0.391 e. The zero-order valence-corrected chi connectivity index (χ0v) is 11.1. The molecule has 0 saturated carbocycles. The molecule has 0 fully saturated rings. The van der Waals surface area contributed by atoms with Crippen LogP contribution in [0.5, 0.6) is 0 Å². The molecule has 0 aliphatic heterocycles. The van der Waals surface area contributed by atoms with E-state index in [9.17, 15) is 18.0 Å². The van der Waals surface area contributed by atoms with Crippen molar-refractivity contribution in [1.29, 1.82) is 0 Å². The Morgan fingerprint density at radius 1 is 1.21 bits per heavy atom. The van der Waals surface area contributed by atoms with Crippen molar-refractivity contribution in [3.05, 3.63) is 35.4 Å². The van der Waals surface area contributed by atoms with Gasteiger partial charge in [0.05, 0.1) is 12.0 Å². The Morgan fingerprint density at radius 3 is 2.11 bits per heavy atom. The molecule has 0 aromatic heterocycles. The summed E-state index contributed by atoms with van der Waals surface area (Å²) in [7, 11) is 0. The van der Waals surface area contributed by atoms with Crippen molar-refractivity contribution >= 4 is 5.91 Å². The number of carbonyl (C=O) groups excluding carboxylic acids is 1. The van der Waals surface area contributed by atoms with Gasteiger partial charge in [-0.15, -0.1) is 0 Å². The van der Waals surface area contributed by atoms with Crippen molar-refractivity contribution < 1.29 is 18.0 Å². The Morgan fingerprint density at radius 2 is 1.68 bits per heavy atom. The number of amides is 1. The summed E-state index contributed by atoms with van der Waals surface area (Å²) in [6.07, 6.45) is -5.54. The summed E-state index contributed by atoms with van der Waals surface area (Å²) >= 11 is 0. The summed E-state index contributed by atoms with van der Waals surface area (Å²) < 4.78 is 37.3. The van der Waals surface area contributed by atoms with Gasteiger partial charge in [0.15, 0.2) is 0 Å². The van der Waals surface area contributed by atoms with E-state index in [4.69, 9.17) is 5.84 Å². The molecule has 19 heavy (non-hydrogen) atoms. The normalized spacial score (nSPS) is 12.4. The second-order valence-corrected chi connectivity index (χ2v) is 5.15. The van der Waals surface area contributed by atoms with Gasteiger partial charge in [-0.3, -0.25) is 9.80 Å². The first kappa shape index (κ1) is 15.5. The lowest BCUT2D eigenvalue weighted by molar-refractivity contribution is -0.155. The van der Waals surface area contributed by atoms with Crippen LogP contribution in [-0.2, 0) is 0 Å². The number of carbonyl (C=O) groups is 1. The average molecular weight is 274 g/mol. The van der Waals surface area contributed by atoms with Gasteiger partial charge in [0.1, 0.15) is 0 Å². The third kappa shape index (κ3) is 4.24. The van der Waals surface area contributed by atoms with E-state index in [1.54, 1.807) is 24.3 Å². The number of nitrogens with two attached hydrogens (primary N) is 1. The number of halogens is 3. The molecule has 1 amide bonds. The second kappa shape index (κ2) is 5.21. The molecule has 0 atom stereocenters. The van der Waals surface area contributed by atoms with Crippen LogP contribution in [0.1, 0.15) is 36.2 Å². The highest BCUT2D eigenvalue weighted by Crippen LogP contribution is 2.30. The summed E-state index contributed by atoms with van der Waals surface area (Å²) in [4.78, 5) is 12.0. The Hall–Kier alpha value is -1.56. The van der Waals surface area contributed by atoms with E-state index in [1.807, 2.05) is 6.92 Å². The molecule has 3 nitrogen and oxygen atoms in total. The number of benzene rings is 1. The van der Waals surface area contributed by atoms with Gasteiger partial charge in [-0.25, -0.2) is 5.84 Å². The Bertz CT molecular complexity index is 452. The number of rotatable bonds is 3. The third-order valence-corrected chi connectivity index (χ3v) is 2.80. The highest BCUT2D eigenvalue weighted by Gasteiger charge is 2.41. The molecule has 0 heterocycles. The van der Waals surface area contributed by atoms with Crippen LogP contribution in [0.15, 0.2) is 24.3 Å². The smallest absolute Gasteiger partial charge is 0.271 e. The number of aryl methyl sites for hydroxylation is 1. The van der Waals surface area contributed by atoms with Gasteiger partial charge in [0, 0.05) is 5.56 Å². The predicted molar refractivity (Wildman–Crippen MR) is 66.3 cm³/mol. The van der Waals surface area contributed by atoms with Crippen LogP contribution in [0.2, 0.25) is 0 Å². The Kier molecular flexibility index (Phi) is 4.25. The third-order valence-electron chi connectivity index (χ3n) is 2.80. The van der Waals surface area contributed by atoms with Crippen molar-refractivity contribution in [2.24, 2.45) is 5.84 Å². The monoisotopic (exact) mass is 274 g/mol. The van der Waals surface area contributed by atoms with Crippen LogP contribution in [0.3, 0.4) is 0 Å². The first-order valence-corrected chi connectivity index (χ1v) is 5.75. The number of hydrogen-bond donors (Lipinski definition) is 1. The second-order valence-electron chi connectivity index (χ2n) is 5.15. The maximum absolute atomic E-state index is 12.4. The molecule has 0 unspecified atom stereocenters. The van der Waals surface area contributed by atoms with E-state index in [1.165, 1.54) is 13.8 Å². The van der Waals surface area contributed by atoms with Gasteiger partial charge >= 0.3 is 6.18 Å². The van der Waals surface area contributed by atoms with Gasteiger partial charge in [0.2, 0.25) is 0 Å². The minimum atomic E-state index is -4.38. The number of hydrazine groups is 1. The van der Waals surface area contributed by atoms with Crippen LogP contribution >= 0.6 is 0 Å². The fourth-order valence-electron chi connectivity index (χ4n) is 1.69. The molecule has 0 spiro atoms. The fourth-order valence-corrected chi connectivity index (χ4v) is 1.69. The molecule has 0 aliphatic carbocycles. The van der Waals surface area contributed by atoms with E-state index in [-0.39, 0.29) is 5.56 Å². The molecule has 6 heteroatoms. The van der Waals surface area contributed by atoms with Gasteiger partial charge in [-0.05, 0) is 32.9 Å². The lowest BCUT2D eigenvalue weighted by Gasteiger charge is -2.35. The molecule has 1 aromatic rings.